The zero-order chi connectivity index (χ0) is 57.1. The number of hydrogen-bond donors (Lipinski definition) is 0. The Morgan fingerprint density at radius 3 is 0.772 bits per heavy atom. The van der Waals surface area contributed by atoms with E-state index in [4.69, 9.17) is 14.2 Å². The van der Waals surface area contributed by atoms with Gasteiger partial charge in [0.15, 0.2) is 6.10 Å². The number of hydrogen-bond acceptors (Lipinski definition) is 6. The molecule has 6 nitrogen and oxygen atoms in total. The predicted molar refractivity (Wildman–Crippen MR) is 343 cm³/mol. The van der Waals surface area contributed by atoms with Crippen LogP contribution in [0.1, 0.15) is 303 Å². The lowest BCUT2D eigenvalue weighted by Crippen LogP contribution is -2.30. The first kappa shape index (κ1) is 74.8. The van der Waals surface area contributed by atoms with Gasteiger partial charge in [0.1, 0.15) is 13.2 Å². The molecule has 0 spiro atoms. The molecule has 0 radical (unpaired) electrons. The quantitative estimate of drug-likeness (QED) is 0.0261. The molecular formula is C73H122O6. The summed E-state index contributed by atoms with van der Waals surface area (Å²) in [5.41, 5.74) is 0. The molecule has 0 aromatic heterocycles. The predicted octanol–water partition coefficient (Wildman–Crippen LogP) is 22.8. The van der Waals surface area contributed by atoms with Crippen LogP contribution in [0.3, 0.4) is 0 Å². The van der Waals surface area contributed by atoms with Gasteiger partial charge < -0.3 is 14.2 Å². The number of rotatable bonds is 59. The molecule has 0 rings (SSSR count). The molecule has 79 heavy (non-hydrogen) atoms. The molecule has 0 saturated heterocycles. The second-order valence-corrected chi connectivity index (χ2v) is 21.6. The van der Waals surface area contributed by atoms with E-state index >= 15 is 0 Å². The molecule has 450 valence electrons. The second kappa shape index (κ2) is 66.3. The monoisotopic (exact) mass is 1090 g/mol. The third-order valence-electron chi connectivity index (χ3n) is 14.0. The van der Waals surface area contributed by atoms with Crippen LogP contribution in [0.5, 0.6) is 0 Å². The summed E-state index contributed by atoms with van der Waals surface area (Å²) in [6, 6.07) is 0. The maximum Gasteiger partial charge on any atom is 0.306 e. The van der Waals surface area contributed by atoms with Gasteiger partial charge in [0.2, 0.25) is 0 Å². The molecule has 0 aliphatic heterocycles. The lowest BCUT2D eigenvalue weighted by Gasteiger charge is -2.18. The Morgan fingerprint density at radius 1 is 0.266 bits per heavy atom. The maximum absolute atomic E-state index is 12.9. The molecular weight excluding hydrogens is 973 g/mol. The van der Waals surface area contributed by atoms with Gasteiger partial charge in [-0.15, -0.1) is 0 Å². The zero-order valence-corrected chi connectivity index (χ0v) is 51.6. The van der Waals surface area contributed by atoms with Crippen molar-refractivity contribution in [3.05, 3.63) is 122 Å². The Hall–Kier alpha value is -4.19. The molecule has 0 aliphatic carbocycles. The molecule has 0 aromatic rings. The second-order valence-electron chi connectivity index (χ2n) is 21.6. The molecule has 0 heterocycles. The fraction of sp³-hybridized carbons (Fsp3) is 0.685. The molecule has 0 aliphatic rings. The van der Waals surface area contributed by atoms with Crippen LogP contribution in [-0.4, -0.2) is 37.2 Å². The fourth-order valence-corrected chi connectivity index (χ4v) is 9.02. The molecule has 0 fully saturated rings. The highest BCUT2D eigenvalue weighted by atomic mass is 16.6. The first-order valence-electron chi connectivity index (χ1n) is 33.0. The Bertz CT molecular complexity index is 1640. The summed E-state index contributed by atoms with van der Waals surface area (Å²) in [6.45, 7) is 6.49. The summed E-state index contributed by atoms with van der Waals surface area (Å²) < 4.78 is 16.9. The largest absolute Gasteiger partial charge is 0.462 e. The molecule has 1 unspecified atom stereocenters. The average Bonchev–Trinajstić information content (AvgIpc) is 3.45. The van der Waals surface area contributed by atoms with Gasteiger partial charge in [-0.3, -0.25) is 14.4 Å². The standard InChI is InChI=1S/C73H122O6/c1-4-7-10-13-16-19-21-23-25-27-29-31-33-34-35-36-37-38-40-41-43-45-47-49-51-54-57-60-63-66-72(75)78-69-70(68-77-71(74)65-62-59-56-53-18-15-12-9-6-3)79-73(76)67-64-61-58-55-52-50-48-46-44-42-39-32-30-28-26-24-22-20-17-14-11-8-5-2/h7,10,16,19,22-25,28-31,34-35,37-39,41-43,70H,4-6,8-9,11-15,17-18,20-21,26-27,32-33,36,40,44-69H2,1-3H3/b10-7-,19-16-,24-22-,25-23-,30-28-,31-29-,35-34-,38-37-,42-39-,43-41-. The molecule has 0 aromatic carbocycles. The zero-order valence-electron chi connectivity index (χ0n) is 51.6. The van der Waals surface area contributed by atoms with Crippen LogP contribution in [0.15, 0.2) is 122 Å². The maximum atomic E-state index is 12.9. The van der Waals surface area contributed by atoms with Crippen molar-refractivity contribution in [2.45, 2.75) is 309 Å². The Morgan fingerprint density at radius 2 is 0.494 bits per heavy atom. The fourth-order valence-electron chi connectivity index (χ4n) is 9.02. The number of carbonyl (C=O) groups excluding carboxylic acids is 3. The van der Waals surface area contributed by atoms with E-state index in [2.05, 4.69) is 142 Å². The highest BCUT2D eigenvalue weighted by Crippen LogP contribution is 2.15. The van der Waals surface area contributed by atoms with Gasteiger partial charge in [-0.1, -0.05) is 290 Å². The highest BCUT2D eigenvalue weighted by molar-refractivity contribution is 5.71. The van der Waals surface area contributed by atoms with E-state index in [1.54, 1.807) is 0 Å². The molecule has 6 heteroatoms. The minimum absolute atomic E-state index is 0.0847. The number of esters is 3. The minimum Gasteiger partial charge on any atom is -0.462 e. The van der Waals surface area contributed by atoms with Crippen LogP contribution in [0.4, 0.5) is 0 Å². The first-order valence-corrected chi connectivity index (χ1v) is 33.0. The third kappa shape index (κ3) is 64.5. The molecule has 0 bridgehead atoms. The molecule has 1 atom stereocenters. The molecule has 0 N–H and O–H groups in total. The van der Waals surface area contributed by atoms with Crippen LogP contribution in [0.2, 0.25) is 0 Å². The number of ether oxygens (including phenoxy) is 3. The molecule has 0 saturated carbocycles. The minimum atomic E-state index is -0.789. The van der Waals surface area contributed by atoms with E-state index in [1.807, 2.05) is 0 Å². The number of carbonyl (C=O) groups is 3. The van der Waals surface area contributed by atoms with Crippen molar-refractivity contribution in [3.8, 4) is 0 Å². The van der Waals surface area contributed by atoms with Gasteiger partial charge in [0, 0.05) is 19.3 Å². The van der Waals surface area contributed by atoms with E-state index in [1.165, 1.54) is 135 Å². The van der Waals surface area contributed by atoms with Crippen molar-refractivity contribution in [2.24, 2.45) is 0 Å². The van der Waals surface area contributed by atoms with E-state index in [-0.39, 0.29) is 31.1 Å². The van der Waals surface area contributed by atoms with Crippen LogP contribution < -0.4 is 0 Å². The molecule has 0 amide bonds. The van der Waals surface area contributed by atoms with Gasteiger partial charge in [-0.05, 0) is 116 Å². The summed E-state index contributed by atoms with van der Waals surface area (Å²) in [6.07, 6.45) is 92.1. The Balaban J connectivity index is 4.27. The van der Waals surface area contributed by atoms with Gasteiger partial charge >= 0.3 is 17.9 Å². The Labute approximate surface area is 488 Å². The average molecular weight is 1100 g/mol. The summed E-state index contributed by atoms with van der Waals surface area (Å²) in [7, 11) is 0. The van der Waals surface area contributed by atoms with Crippen LogP contribution >= 0.6 is 0 Å². The van der Waals surface area contributed by atoms with Gasteiger partial charge in [0.05, 0.1) is 0 Å². The van der Waals surface area contributed by atoms with Crippen LogP contribution in [-0.2, 0) is 28.6 Å². The van der Waals surface area contributed by atoms with Gasteiger partial charge in [-0.2, -0.15) is 0 Å². The van der Waals surface area contributed by atoms with Crippen molar-refractivity contribution in [3.63, 3.8) is 0 Å². The Kier molecular flexibility index (Phi) is 62.8. The normalized spacial score (nSPS) is 12.9. The lowest BCUT2D eigenvalue weighted by atomic mass is 10.1. The summed E-state index contributed by atoms with van der Waals surface area (Å²) >= 11 is 0. The lowest BCUT2D eigenvalue weighted by molar-refractivity contribution is -0.167. The van der Waals surface area contributed by atoms with Gasteiger partial charge in [0.25, 0.3) is 0 Å². The van der Waals surface area contributed by atoms with Crippen LogP contribution in [0, 0.1) is 0 Å². The van der Waals surface area contributed by atoms with Crippen LogP contribution in [0.25, 0.3) is 0 Å². The van der Waals surface area contributed by atoms with Crippen molar-refractivity contribution < 1.29 is 28.6 Å². The van der Waals surface area contributed by atoms with Crippen molar-refractivity contribution >= 4 is 17.9 Å². The highest BCUT2D eigenvalue weighted by Gasteiger charge is 2.19. The SMILES string of the molecule is CC/C=C\C/C=C\C/C=C\C/C=C\C/C=C\C/C=C\C/C=C\CCCCCCCCCC(=O)OCC(COC(=O)CCCCCCCCCCC)OC(=O)CCCCCCCCCC/C=C\C/C=C\C/C=C\CCCCCCC. The first-order chi connectivity index (χ1) is 39.0. The van der Waals surface area contributed by atoms with E-state index < -0.39 is 6.10 Å². The smallest absolute Gasteiger partial charge is 0.306 e. The van der Waals surface area contributed by atoms with Crippen molar-refractivity contribution in [1.29, 1.82) is 0 Å². The van der Waals surface area contributed by atoms with Gasteiger partial charge in [-0.25, -0.2) is 0 Å². The van der Waals surface area contributed by atoms with Crippen molar-refractivity contribution in [1.82, 2.24) is 0 Å². The third-order valence-corrected chi connectivity index (χ3v) is 14.0. The van der Waals surface area contributed by atoms with E-state index in [9.17, 15) is 14.4 Å². The summed E-state index contributed by atoms with van der Waals surface area (Å²) in [5, 5.41) is 0. The van der Waals surface area contributed by atoms with E-state index in [0.29, 0.717) is 19.3 Å². The van der Waals surface area contributed by atoms with Crippen molar-refractivity contribution in [2.75, 3.05) is 13.2 Å². The van der Waals surface area contributed by atoms with E-state index in [0.717, 1.165) is 128 Å². The summed E-state index contributed by atoms with van der Waals surface area (Å²) in [5.74, 6) is -0.901. The number of unbranched alkanes of at least 4 members (excludes halogenated alkanes) is 28. The topological polar surface area (TPSA) is 78.9 Å². The summed E-state index contributed by atoms with van der Waals surface area (Å²) in [4.78, 5) is 38.2. The number of allylic oxidation sites excluding steroid dienone is 20.